The van der Waals surface area contributed by atoms with Crippen LogP contribution in [0.5, 0.6) is 11.5 Å². The van der Waals surface area contributed by atoms with E-state index in [1.807, 2.05) is 48.5 Å². The number of methoxy groups -OCH3 is 1. The Morgan fingerprint density at radius 1 is 1.14 bits per heavy atom. The highest BCUT2D eigenvalue weighted by atomic mass is 79.9. The van der Waals surface area contributed by atoms with Crippen LogP contribution in [-0.4, -0.2) is 39.0 Å². The van der Waals surface area contributed by atoms with Gasteiger partial charge < -0.3 is 20.9 Å². The van der Waals surface area contributed by atoms with Crippen LogP contribution in [0, 0.1) is 0 Å². The molecule has 1 amide bonds. The van der Waals surface area contributed by atoms with Crippen LogP contribution in [0.1, 0.15) is 21.5 Å². The zero-order valence-corrected chi connectivity index (χ0v) is 20.7. The lowest BCUT2D eigenvalue weighted by Gasteiger charge is -2.07. The van der Waals surface area contributed by atoms with Crippen molar-refractivity contribution in [3.63, 3.8) is 0 Å². The standard InChI is InChI=1S/C26H21BrN6O3/c1-36-18-9-6-15(7-10-18)13-29-26(35)22-23-25(32-20-5-3-2-4-19(20)31-23)33(24(22)28)30-14-16-12-17(27)8-11-21(16)34/h2-12,14,34H,13,28H2,1H3,(H,29,35)/b30-14+. The van der Waals surface area contributed by atoms with E-state index in [0.717, 1.165) is 15.8 Å². The van der Waals surface area contributed by atoms with Crippen LogP contribution >= 0.6 is 15.9 Å². The number of nitrogens with two attached hydrogens (primary N) is 1. The highest BCUT2D eigenvalue weighted by Crippen LogP contribution is 2.28. The Hall–Kier alpha value is -4.44. The van der Waals surface area contributed by atoms with Gasteiger partial charge in [-0.3, -0.25) is 4.79 Å². The highest BCUT2D eigenvalue weighted by Gasteiger charge is 2.24. The number of aromatic nitrogens is 3. The molecule has 4 N–H and O–H groups in total. The topological polar surface area (TPSA) is 128 Å². The predicted molar refractivity (Wildman–Crippen MR) is 142 cm³/mol. The lowest BCUT2D eigenvalue weighted by molar-refractivity contribution is 0.0953. The quantitative estimate of drug-likeness (QED) is 0.271. The number of ether oxygens (including phenoxy) is 1. The molecule has 180 valence electrons. The second-order valence-corrected chi connectivity index (χ2v) is 8.85. The molecule has 5 aromatic rings. The molecule has 10 heteroatoms. The number of hydrogen-bond acceptors (Lipinski definition) is 7. The lowest BCUT2D eigenvalue weighted by atomic mass is 10.2. The third kappa shape index (κ3) is 4.46. The summed E-state index contributed by atoms with van der Waals surface area (Å²) in [4.78, 5) is 22.6. The van der Waals surface area contributed by atoms with Crippen LogP contribution in [0.15, 0.2) is 76.3 Å². The van der Waals surface area contributed by atoms with Crippen molar-refractivity contribution >= 4 is 56.1 Å². The van der Waals surface area contributed by atoms with Gasteiger partial charge in [0.05, 0.1) is 24.4 Å². The number of nitrogen functional groups attached to an aromatic ring is 1. The number of phenols is 1. The maximum atomic E-state index is 13.3. The third-order valence-electron chi connectivity index (χ3n) is 5.61. The number of aromatic hydroxyl groups is 1. The van der Waals surface area contributed by atoms with Crippen LogP contribution in [0.4, 0.5) is 5.82 Å². The van der Waals surface area contributed by atoms with Crippen molar-refractivity contribution in [3.05, 3.63) is 87.9 Å². The molecule has 0 saturated heterocycles. The molecular weight excluding hydrogens is 524 g/mol. The molecule has 0 saturated carbocycles. The smallest absolute Gasteiger partial charge is 0.257 e. The molecule has 5 rings (SSSR count). The van der Waals surface area contributed by atoms with Crippen molar-refractivity contribution in [3.8, 4) is 11.5 Å². The summed E-state index contributed by atoms with van der Waals surface area (Å²) in [6.45, 7) is 0.283. The fourth-order valence-corrected chi connectivity index (χ4v) is 4.13. The fourth-order valence-electron chi connectivity index (χ4n) is 3.75. The summed E-state index contributed by atoms with van der Waals surface area (Å²) < 4.78 is 7.31. The van der Waals surface area contributed by atoms with Crippen LogP contribution in [0.3, 0.4) is 0 Å². The van der Waals surface area contributed by atoms with Gasteiger partial charge in [-0.05, 0) is 48.0 Å². The summed E-state index contributed by atoms with van der Waals surface area (Å²) in [7, 11) is 1.60. The first-order chi connectivity index (χ1) is 17.4. The molecule has 0 atom stereocenters. The number of rotatable bonds is 6. The molecule has 2 heterocycles. The van der Waals surface area contributed by atoms with E-state index in [4.69, 9.17) is 10.5 Å². The molecule has 0 spiro atoms. The minimum Gasteiger partial charge on any atom is -0.507 e. The second-order valence-electron chi connectivity index (χ2n) is 7.94. The molecular formula is C26H21BrN6O3. The summed E-state index contributed by atoms with van der Waals surface area (Å²) in [5.74, 6) is 0.454. The Morgan fingerprint density at radius 2 is 1.86 bits per heavy atom. The van der Waals surface area contributed by atoms with Gasteiger partial charge in [0.25, 0.3) is 5.91 Å². The Labute approximate surface area is 214 Å². The number of carbonyl (C=O) groups is 1. The third-order valence-corrected chi connectivity index (χ3v) is 6.11. The SMILES string of the molecule is COc1ccc(CNC(=O)c2c(N)n(/N=C/c3cc(Br)ccc3O)c3nc4ccccc4nc23)cc1. The average Bonchev–Trinajstić information content (AvgIpc) is 3.16. The lowest BCUT2D eigenvalue weighted by Crippen LogP contribution is -2.23. The molecule has 0 unspecified atom stereocenters. The molecule has 0 radical (unpaired) electrons. The number of anilines is 1. The molecule has 0 aliphatic carbocycles. The van der Waals surface area contributed by atoms with E-state index in [2.05, 4.69) is 36.3 Å². The Bertz CT molecular complexity index is 1630. The maximum absolute atomic E-state index is 13.3. The van der Waals surface area contributed by atoms with Gasteiger partial charge in [0, 0.05) is 16.6 Å². The molecule has 0 aliphatic rings. The van der Waals surface area contributed by atoms with Crippen LogP contribution < -0.4 is 15.8 Å². The summed E-state index contributed by atoms with van der Waals surface area (Å²) >= 11 is 3.39. The number of halogens is 1. The minimum atomic E-state index is -0.405. The number of carbonyl (C=O) groups excluding carboxylic acids is 1. The van der Waals surface area contributed by atoms with Gasteiger partial charge in [0.2, 0.25) is 0 Å². The number of phenolic OH excluding ortho intramolecular Hbond substituents is 1. The van der Waals surface area contributed by atoms with Crippen molar-refractivity contribution in [1.82, 2.24) is 20.0 Å². The fraction of sp³-hybridized carbons (Fsp3) is 0.0769. The second kappa shape index (κ2) is 9.67. The van der Waals surface area contributed by atoms with Crippen molar-refractivity contribution in [2.45, 2.75) is 6.54 Å². The van der Waals surface area contributed by atoms with Crippen molar-refractivity contribution < 1.29 is 14.6 Å². The van der Waals surface area contributed by atoms with E-state index in [0.29, 0.717) is 27.8 Å². The molecule has 0 bridgehead atoms. The molecule has 3 aromatic carbocycles. The number of nitrogens with one attached hydrogen (secondary N) is 1. The molecule has 36 heavy (non-hydrogen) atoms. The largest absolute Gasteiger partial charge is 0.507 e. The monoisotopic (exact) mass is 544 g/mol. The Balaban J connectivity index is 1.57. The van der Waals surface area contributed by atoms with Crippen molar-refractivity contribution in [2.75, 3.05) is 12.8 Å². The van der Waals surface area contributed by atoms with E-state index in [1.54, 1.807) is 25.3 Å². The van der Waals surface area contributed by atoms with Gasteiger partial charge >= 0.3 is 0 Å². The first kappa shape index (κ1) is 23.3. The van der Waals surface area contributed by atoms with Crippen molar-refractivity contribution in [2.24, 2.45) is 5.10 Å². The average molecular weight is 545 g/mol. The summed E-state index contributed by atoms with van der Waals surface area (Å²) in [6.07, 6.45) is 1.45. The summed E-state index contributed by atoms with van der Waals surface area (Å²) in [5, 5.41) is 17.5. The normalized spacial score (nSPS) is 11.4. The van der Waals surface area contributed by atoms with Gasteiger partial charge in [-0.25, -0.2) is 9.97 Å². The minimum absolute atomic E-state index is 0.0472. The number of nitrogens with zero attached hydrogens (tertiary/aromatic N) is 4. The van der Waals surface area contributed by atoms with Crippen molar-refractivity contribution in [1.29, 1.82) is 0 Å². The number of benzene rings is 3. The van der Waals surface area contributed by atoms with Gasteiger partial charge in [-0.15, -0.1) is 0 Å². The van der Waals surface area contributed by atoms with Crippen LogP contribution in [0.2, 0.25) is 0 Å². The number of fused-ring (bicyclic) bond motifs is 2. The molecule has 0 aliphatic heterocycles. The van der Waals surface area contributed by atoms with E-state index in [9.17, 15) is 9.90 Å². The molecule has 0 fully saturated rings. The van der Waals surface area contributed by atoms with Gasteiger partial charge in [-0.1, -0.05) is 40.2 Å². The summed E-state index contributed by atoms with van der Waals surface area (Å²) in [6, 6.07) is 19.7. The molecule has 2 aromatic heterocycles. The van der Waals surface area contributed by atoms with Crippen LogP contribution in [-0.2, 0) is 6.54 Å². The van der Waals surface area contributed by atoms with Gasteiger partial charge in [-0.2, -0.15) is 9.78 Å². The maximum Gasteiger partial charge on any atom is 0.257 e. The first-order valence-electron chi connectivity index (χ1n) is 11.0. The van der Waals surface area contributed by atoms with Gasteiger partial charge in [0.1, 0.15) is 28.4 Å². The Kier molecular flexibility index (Phi) is 6.26. The van der Waals surface area contributed by atoms with E-state index in [1.165, 1.54) is 10.9 Å². The van der Waals surface area contributed by atoms with E-state index in [-0.39, 0.29) is 23.7 Å². The molecule has 9 nitrogen and oxygen atoms in total. The number of hydrogen-bond donors (Lipinski definition) is 3. The first-order valence-corrected chi connectivity index (χ1v) is 11.7. The van der Waals surface area contributed by atoms with E-state index < -0.39 is 5.91 Å². The van der Waals surface area contributed by atoms with Gasteiger partial charge in [0.15, 0.2) is 5.65 Å². The Morgan fingerprint density at radius 3 is 2.58 bits per heavy atom. The number of para-hydroxylation sites is 2. The number of amides is 1. The predicted octanol–water partition coefficient (Wildman–Crippen LogP) is 4.46. The summed E-state index contributed by atoms with van der Waals surface area (Å²) in [5.41, 5.74) is 9.88. The highest BCUT2D eigenvalue weighted by molar-refractivity contribution is 9.10. The van der Waals surface area contributed by atoms with Crippen LogP contribution in [0.25, 0.3) is 22.2 Å². The van der Waals surface area contributed by atoms with E-state index >= 15 is 0 Å². The zero-order valence-electron chi connectivity index (χ0n) is 19.1. The zero-order chi connectivity index (χ0) is 25.2.